The number of nitro benzene ring substituents is 1. The zero-order chi connectivity index (χ0) is 14.7. The number of aliphatic imine (C=N–C) groups is 1. The average molecular weight is 270 g/mol. The van der Waals surface area contributed by atoms with Gasteiger partial charge in [0.05, 0.1) is 4.92 Å². The molecule has 20 heavy (non-hydrogen) atoms. The van der Waals surface area contributed by atoms with Gasteiger partial charge in [-0.15, -0.1) is 0 Å². The van der Waals surface area contributed by atoms with E-state index in [2.05, 4.69) is 4.99 Å². The van der Waals surface area contributed by atoms with Crippen LogP contribution in [0.2, 0.25) is 0 Å². The minimum absolute atomic E-state index is 0.0383. The monoisotopic (exact) mass is 270 g/mol. The largest absolute Gasteiger partial charge is 0.505 e. The molecule has 1 N–H and O–H groups in total. The second-order valence-electron chi connectivity index (χ2n) is 4.56. The number of rotatable bonds is 3. The Bertz CT molecular complexity index is 676. The summed E-state index contributed by atoms with van der Waals surface area (Å²) in [6, 6.07) is 9.72. The first-order valence-corrected chi connectivity index (χ1v) is 6.06. The van der Waals surface area contributed by atoms with Gasteiger partial charge in [0.25, 0.3) is 5.69 Å². The van der Waals surface area contributed by atoms with Crippen molar-refractivity contribution in [1.82, 2.24) is 0 Å². The van der Waals surface area contributed by atoms with E-state index in [1.165, 1.54) is 12.1 Å². The van der Waals surface area contributed by atoms with Crippen LogP contribution in [0.15, 0.2) is 41.4 Å². The third-order valence-electron chi connectivity index (χ3n) is 2.88. The lowest BCUT2D eigenvalue weighted by Gasteiger charge is -2.04. The van der Waals surface area contributed by atoms with Crippen LogP contribution < -0.4 is 0 Å². The van der Waals surface area contributed by atoms with Gasteiger partial charge in [0.1, 0.15) is 11.4 Å². The van der Waals surface area contributed by atoms with Crippen LogP contribution in [0, 0.1) is 24.0 Å². The number of aromatic hydroxyl groups is 1. The number of hydrogen-bond donors (Lipinski definition) is 1. The van der Waals surface area contributed by atoms with Crippen LogP contribution in [0.1, 0.15) is 16.7 Å². The zero-order valence-electron chi connectivity index (χ0n) is 11.2. The summed E-state index contributed by atoms with van der Waals surface area (Å²) in [6.45, 7) is 3.74. The van der Waals surface area contributed by atoms with Crippen molar-refractivity contribution in [3.63, 3.8) is 0 Å². The zero-order valence-corrected chi connectivity index (χ0v) is 11.2. The first-order valence-electron chi connectivity index (χ1n) is 6.06. The fraction of sp³-hybridized carbons (Fsp3) is 0.133. The maximum Gasteiger partial charge on any atom is 0.269 e. The van der Waals surface area contributed by atoms with E-state index in [1.54, 1.807) is 24.4 Å². The lowest BCUT2D eigenvalue weighted by molar-refractivity contribution is -0.384. The lowest BCUT2D eigenvalue weighted by atomic mass is 10.1. The van der Waals surface area contributed by atoms with Crippen LogP contribution in [0.4, 0.5) is 11.4 Å². The van der Waals surface area contributed by atoms with Crippen LogP contribution in [0.3, 0.4) is 0 Å². The van der Waals surface area contributed by atoms with E-state index in [9.17, 15) is 15.2 Å². The predicted octanol–water partition coefficient (Wildman–Crippen LogP) is 3.67. The van der Waals surface area contributed by atoms with E-state index in [1.807, 2.05) is 19.9 Å². The Balaban J connectivity index is 2.27. The summed E-state index contributed by atoms with van der Waals surface area (Å²) in [4.78, 5) is 14.3. The van der Waals surface area contributed by atoms with Gasteiger partial charge in [-0.1, -0.05) is 6.07 Å². The van der Waals surface area contributed by atoms with Crippen molar-refractivity contribution >= 4 is 17.6 Å². The van der Waals surface area contributed by atoms with E-state index in [-0.39, 0.29) is 11.4 Å². The molecule has 0 radical (unpaired) electrons. The Kier molecular flexibility index (Phi) is 3.79. The third-order valence-corrected chi connectivity index (χ3v) is 2.88. The summed E-state index contributed by atoms with van der Waals surface area (Å²) in [7, 11) is 0. The topological polar surface area (TPSA) is 75.7 Å². The van der Waals surface area contributed by atoms with Crippen LogP contribution in [0.25, 0.3) is 0 Å². The van der Waals surface area contributed by atoms with E-state index in [0.29, 0.717) is 5.69 Å². The molecule has 0 spiro atoms. The van der Waals surface area contributed by atoms with Crippen molar-refractivity contribution in [2.24, 2.45) is 4.99 Å². The van der Waals surface area contributed by atoms with E-state index in [0.717, 1.165) is 16.7 Å². The quantitative estimate of drug-likeness (QED) is 0.525. The van der Waals surface area contributed by atoms with Gasteiger partial charge in [0, 0.05) is 18.3 Å². The molecular weight excluding hydrogens is 256 g/mol. The molecule has 2 aromatic carbocycles. The van der Waals surface area contributed by atoms with Crippen LogP contribution in [-0.4, -0.2) is 16.2 Å². The van der Waals surface area contributed by atoms with Crippen molar-refractivity contribution in [3.05, 3.63) is 63.2 Å². The standard InChI is InChI=1S/C15H14N2O3/c1-10-7-11(2)15(18)14(8-10)16-9-12-3-5-13(6-4-12)17(19)20/h3-9,18H,1-2H3. The Morgan fingerprint density at radius 2 is 1.85 bits per heavy atom. The van der Waals surface area contributed by atoms with Crippen molar-refractivity contribution in [2.45, 2.75) is 13.8 Å². The molecule has 0 aromatic heterocycles. The van der Waals surface area contributed by atoms with Crippen molar-refractivity contribution in [1.29, 1.82) is 0 Å². The predicted molar refractivity (Wildman–Crippen MR) is 77.9 cm³/mol. The average Bonchev–Trinajstić information content (AvgIpc) is 2.41. The number of nitro groups is 1. The summed E-state index contributed by atoms with van der Waals surface area (Å²) < 4.78 is 0. The number of aryl methyl sites for hydroxylation is 2. The van der Waals surface area contributed by atoms with Crippen LogP contribution >= 0.6 is 0 Å². The Morgan fingerprint density at radius 1 is 1.20 bits per heavy atom. The van der Waals surface area contributed by atoms with Gasteiger partial charge in [-0.05, 0) is 48.7 Å². The second kappa shape index (κ2) is 5.52. The van der Waals surface area contributed by atoms with Gasteiger partial charge in [0.2, 0.25) is 0 Å². The van der Waals surface area contributed by atoms with Crippen molar-refractivity contribution in [3.8, 4) is 5.75 Å². The number of hydrogen-bond acceptors (Lipinski definition) is 4. The van der Waals surface area contributed by atoms with Gasteiger partial charge in [-0.2, -0.15) is 0 Å². The smallest absolute Gasteiger partial charge is 0.269 e. The first kappa shape index (κ1) is 13.7. The summed E-state index contributed by atoms with van der Waals surface area (Å²) in [5.41, 5.74) is 3.03. The third kappa shape index (κ3) is 3.00. The molecule has 0 aliphatic rings. The molecule has 5 heteroatoms. The Labute approximate surface area is 116 Å². The molecule has 102 valence electrons. The van der Waals surface area contributed by atoms with Gasteiger partial charge < -0.3 is 5.11 Å². The highest BCUT2D eigenvalue weighted by Crippen LogP contribution is 2.31. The molecule has 0 saturated carbocycles. The number of non-ortho nitro benzene ring substituents is 1. The van der Waals surface area contributed by atoms with Gasteiger partial charge in [-0.3, -0.25) is 15.1 Å². The van der Waals surface area contributed by atoms with Gasteiger partial charge in [-0.25, -0.2) is 0 Å². The molecular formula is C15H14N2O3. The number of phenols is 1. The fourth-order valence-corrected chi connectivity index (χ4v) is 1.86. The fourth-order valence-electron chi connectivity index (χ4n) is 1.86. The molecule has 0 aliphatic heterocycles. The molecule has 0 saturated heterocycles. The lowest BCUT2D eigenvalue weighted by Crippen LogP contribution is -1.88. The molecule has 2 aromatic rings. The summed E-state index contributed by atoms with van der Waals surface area (Å²) in [5, 5.41) is 20.5. The van der Waals surface area contributed by atoms with Crippen LogP contribution in [-0.2, 0) is 0 Å². The Hall–Kier alpha value is -2.69. The normalized spacial score (nSPS) is 10.9. The summed E-state index contributed by atoms with van der Waals surface area (Å²) >= 11 is 0. The highest BCUT2D eigenvalue weighted by molar-refractivity contribution is 5.83. The number of phenolic OH excluding ortho intramolecular Hbond substituents is 1. The van der Waals surface area contributed by atoms with E-state index < -0.39 is 4.92 Å². The molecule has 0 bridgehead atoms. The SMILES string of the molecule is Cc1cc(C)c(O)c(N=Cc2ccc([N+](=O)[O-])cc2)c1. The molecule has 0 heterocycles. The van der Waals surface area contributed by atoms with Gasteiger partial charge in [0.15, 0.2) is 0 Å². The number of nitrogens with zero attached hydrogens (tertiary/aromatic N) is 2. The maximum absolute atomic E-state index is 10.6. The molecule has 0 unspecified atom stereocenters. The summed E-state index contributed by atoms with van der Waals surface area (Å²) in [5.74, 6) is 0.147. The van der Waals surface area contributed by atoms with Gasteiger partial charge >= 0.3 is 0 Å². The maximum atomic E-state index is 10.6. The molecule has 0 fully saturated rings. The minimum Gasteiger partial charge on any atom is -0.505 e. The Morgan fingerprint density at radius 3 is 2.45 bits per heavy atom. The van der Waals surface area contributed by atoms with E-state index in [4.69, 9.17) is 0 Å². The first-order chi connectivity index (χ1) is 9.47. The minimum atomic E-state index is -0.448. The summed E-state index contributed by atoms with van der Waals surface area (Å²) in [6.07, 6.45) is 1.57. The molecule has 0 aliphatic carbocycles. The van der Waals surface area contributed by atoms with E-state index >= 15 is 0 Å². The molecule has 2 rings (SSSR count). The van der Waals surface area contributed by atoms with Crippen LogP contribution in [0.5, 0.6) is 5.75 Å². The highest BCUT2D eigenvalue weighted by Gasteiger charge is 2.05. The number of benzene rings is 2. The molecule has 0 amide bonds. The highest BCUT2D eigenvalue weighted by atomic mass is 16.6. The molecule has 0 atom stereocenters. The molecule has 5 nitrogen and oxygen atoms in total. The van der Waals surface area contributed by atoms with Crippen molar-refractivity contribution < 1.29 is 10.0 Å². The second-order valence-corrected chi connectivity index (χ2v) is 4.56. The van der Waals surface area contributed by atoms with Crippen molar-refractivity contribution in [2.75, 3.05) is 0 Å².